The Kier molecular flexibility index (Phi) is 6.11. The minimum Gasteiger partial charge on any atom is -0.417 e. The highest BCUT2D eigenvalue weighted by atomic mass is 16.4. The zero-order chi connectivity index (χ0) is 23.2. The molecule has 0 aliphatic heterocycles. The molecule has 2 aromatic heterocycles. The van der Waals surface area contributed by atoms with E-state index in [9.17, 15) is 4.79 Å². The van der Waals surface area contributed by atoms with Crippen LogP contribution in [0.3, 0.4) is 0 Å². The van der Waals surface area contributed by atoms with Crippen molar-refractivity contribution in [1.29, 1.82) is 0 Å². The molecule has 168 valence electrons. The van der Waals surface area contributed by atoms with Crippen LogP contribution in [-0.2, 0) is 6.42 Å². The molecule has 0 unspecified atom stereocenters. The van der Waals surface area contributed by atoms with Crippen molar-refractivity contribution in [3.8, 4) is 11.5 Å². The van der Waals surface area contributed by atoms with Crippen molar-refractivity contribution in [2.45, 2.75) is 6.42 Å². The van der Waals surface area contributed by atoms with Gasteiger partial charge in [0, 0.05) is 23.5 Å². The zero-order valence-electron chi connectivity index (χ0n) is 18.2. The van der Waals surface area contributed by atoms with E-state index in [1.807, 2.05) is 84.9 Å². The van der Waals surface area contributed by atoms with Crippen molar-refractivity contribution >= 4 is 34.5 Å². The highest BCUT2D eigenvalue weighted by Crippen LogP contribution is 2.26. The summed E-state index contributed by atoms with van der Waals surface area (Å²) in [6, 6.07) is 26.5. The van der Waals surface area contributed by atoms with Crippen LogP contribution in [0.1, 0.15) is 5.56 Å². The molecule has 2 heterocycles. The Bertz CT molecular complexity index is 1390. The minimum atomic E-state index is -0.282. The van der Waals surface area contributed by atoms with Gasteiger partial charge < -0.3 is 20.4 Å². The summed E-state index contributed by atoms with van der Waals surface area (Å²) < 4.78 is 5.80. The summed E-state index contributed by atoms with van der Waals surface area (Å²) in [6.07, 6.45) is 2.23. The van der Waals surface area contributed by atoms with Gasteiger partial charge in [0.25, 0.3) is 5.71 Å². The topological polar surface area (TPSA) is 105 Å². The molecule has 0 saturated heterocycles. The molecule has 3 aromatic carbocycles. The van der Waals surface area contributed by atoms with E-state index in [2.05, 4.69) is 30.9 Å². The second-order valence-electron chi connectivity index (χ2n) is 7.58. The maximum Gasteiger partial charge on any atom is 0.323 e. The largest absolute Gasteiger partial charge is 0.417 e. The predicted octanol–water partition coefficient (Wildman–Crippen LogP) is 5.58. The molecule has 0 saturated carbocycles. The molecular weight excluding hydrogens is 428 g/mol. The number of nitrogens with zero attached hydrogens (tertiary/aromatic N) is 3. The van der Waals surface area contributed by atoms with Crippen LogP contribution in [0.2, 0.25) is 0 Å². The number of anilines is 3. The summed E-state index contributed by atoms with van der Waals surface area (Å²) in [4.78, 5) is 25.2. The lowest BCUT2D eigenvalue weighted by molar-refractivity contribution is 0.262. The molecule has 0 fully saturated rings. The average Bonchev–Trinajstić information content (AvgIpc) is 3.32. The summed E-state index contributed by atoms with van der Waals surface area (Å²) in [5.74, 6) is 1.14. The summed E-state index contributed by atoms with van der Waals surface area (Å²) in [6.45, 7) is 0.654. The molecule has 0 atom stereocenters. The predicted molar refractivity (Wildman–Crippen MR) is 133 cm³/mol. The third-order valence-electron chi connectivity index (χ3n) is 5.17. The first kappa shape index (κ1) is 21.1. The fourth-order valence-corrected chi connectivity index (χ4v) is 3.48. The SMILES string of the molecule is O=C(Nc1ccccc1)Nc1ccc(CCNc2ncnc3oc(-c4ccccc4)nc23)cc1. The monoisotopic (exact) mass is 450 g/mol. The second kappa shape index (κ2) is 9.83. The Labute approximate surface area is 196 Å². The summed E-state index contributed by atoms with van der Waals surface area (Å²) >= 11 is 0. The van der Waals surface area contributed by atoms with Gasteiger partial charge in [-0.15, -0.1) is 0 Å². The van der Waals surface area contributed by atoms with E-state index >= 15 is 0 Å². The third kappa shape index (κ3) is 5.02. The first-order valence-electron chi connectivity index (χ1n) is 10.9. The van der Waals surface area contributed by atoms with E-state index in [-0.39, 0.29) is 6.03 Å². The lowest BCUT2D eigenvalue weighted by atomic mass is 10.1. The molecule has 34 heavy (non-hydrogen) atoms. The summed E-state index contributed by atoms with van der Waals surface area (Å²) in [5, 5.41) is 8.95. The van der Waals surface area contributed by atoms with Crippen LogP contribution in [0.4, 0.5) is 22.0 Å². The molecule has 0 aliphatic rings. The van der Waals surface area contributed by atoms with Crippen LogP contribution in [0.5, 0.6) is 0 Å². The van der Waals surface area contributed by atoms with Crippen molar-refractivity contribution < 1.29 is 9.21 Å². The van der Waals surface area contributed by atoms with Gasteiger partial charge in [-0.2, -0.15) is 4.98 Å². The van der Waals surface area contributed by atoms with E-state index in [0.29, 0.717) is 29.5 Å². The van der Waals surface area contributed by atoms with Gasteiger partial charge in [0.15, 0.2) is 11.3 Å². The lowest BCUT2D eigenvalue weighted by Crippen LogP contribution is -2.19. The van der Waals surface area contributed by atoms with Crippen LogP contribution in [-0.4, -0.2) is 27.5 Å². The van der Waals surface area contributed by atoms with E-state index in [1.54, 1.807) is 0 Å². The zero-order valence-corrected chi connectivity index (χ0v) is 18.2. The van der Waals surface area contributed by atoms with Crippen LogP contribution >= 0.6 is 0 Å². The number of benzene rings is 3. The number of carbonyl (C=O) groups is 1. The van der Waals surface area contributed by atoms with E-state index in [4.69, 9.17) is 4.42 Å². The summed E-state index contributed by atoms with van der Waals surface area (Å²) in [7, 11) is 0. The first-order valence-corrected chi connectivity index (χ1v) is 10.9. The first-order chi connectivity index (χ1) is 16.7. The normalized spacial score (nSPS) is 10.7. The number of aromatic nitrogens is 3. The molecule has 3 N–H and O–H groups in total. The number of carbonyl (C=O) groups excluding carboxylic acids is 1. The van der Waals surface area contributed by atoms with E-state index in [1.165, 1.54) is 6.33 Å². The Balaban J connectivity index is 1.17. The fourth-order valence-electron chi connectivity index (χ4n) is 3.48. The molecule has 0 spiro atoms. The van der Waals surface area contributed by atoms with Gasteiger partial charge in [-0.3, -0.25) is 0 Å². The second-order valence-corrected chi connectivity index (χ2v) is 7.58. The number of urea groups is 1. The molecule has 0 bridgehead atoms. The highest BCUT2D eigenvalue weighted by Gasteiger charge is 2.13. The third-order valence-corrected chi connectivity index (χ3v) is 5.17. The Morgan fingerprint density at radius 3 is 2.21 bits per heavy atom. The van der Waals surface area contributed by atoms with Crippen molar-refractivity contribution in [3.05, 3.63) is 96.8 Å². The maximum absolute atomic E-state index is 12.1. The molecule has 5 aromatic rings. The Morgan fingerprint density at radius 1 is 0.794 bits per heavy atom. The van der Waals surface area contributed by atoms with E-state index in [0.717, 1.165) is 28.9 Å². The van der Waals surface area contributed by atoms with Crippen molar-refractivity contribution in [2.75, 3.05) is 22.5 Å². The van der Waals surface area contributed by atoms with Crippen molar-refractivity contribution in [2.24, 2.45) is 0 Å². The number of hydrogen-bond donors (Lipinski definition) is 3. The van der Waals surface area contributed by atoms with Gasteiger partial charge in [0.2, 0.25) is 5.89 Å². The van der Waals surface area contributed by atoms with Gasteiger partial charge >= 0.3 is 6.03 Å². The van der Waals surface area contributed by atoms with Crippen LogP contribution in [0, 0.1) is 0 Å². The number of rotatable bonds is 7. The molecule has 8 nitrogen and oxygen atoms in total. The number of fused-ring (bicyclic) bond motifs is 1. The van der Waals surface area contributed by atoms with Gasteiger partial charge in [-0.05, 0) is 48.4 Å². The number of para-hydroxylation sites is 1. The van der Waals surface area contributed by atoms with Gasteiger partial charge in [-0.1, -0.05) is 48.5 Å². The highest BCUT2D eigenvalue weighted by molar-refractivity contribution is 5.99. The van der Waals surface area contributed by atoms with Crippen LogP contribution in [0.25, 0.3) is 22.7 Å². The molecule has 5 rings (SSSR count). The Morgan fingerprint density at radius 2 is 1.47 bits per heavy atom. The number of oxazole rings is 1. The lowest BCUT2D eigenvalue weighted by Gasteiger charge is -2.09. The number of hydrogen-bond acceptors (Lipinski definition) is 6. The Hall–Kier alpha value is -4.72. The van der Waals surface area contributed by atoms with Crippen molar-refractivity contribution in [1.82, 2.24) is 15.0 Å². The van der Waals surface area contributed by atoms with Gasteiger partial charge in [0.05, 0.1) is 0 Å². The average molecular weight is 451 g/mol. The van der Waals surface area contributed by atoms with Crippen LogP contribution < -0.4 is 16.0 Å². The minimum absolute atomic E-state index is 0.282. The quantitative estimate of drug-likeness (QED) is 0.299. The molecule has 0 aliphatic carbocycles. The molecule has 8 heteroatoms. The van der Waals surface area contributed by atoms with Crippen LogP contribution in [0.15, 0.2) is 95.7 Å². The van der Waals surface area contributed by atoms with Gasteiger partial charge in [-0.25, -0.2) is 14.8 Å². The van der Waals surface area contributed by atoms with E-state index < -0.39 is 0 Å². The van der Waals surface area contributed by atoms with Gasteiger partial charge in [0.1, 0.15) is 6.33 Å². The summed E-state index contributed by atoms with van der Waals surface area (Å²) in [5.41, 5.74) is 4.52. The maximum atomic E-state index is 12.1. The van der Waals surface area contributed by atoms with Crippen molar-refractivity contribution in [3.63, 3.8) is 0 Å². The molecule has 0 radical (unpaired) electrons. The molecular formula is C26H22N6O2. The number of amides is 2. The standard InChI is InChI=1S/C26H22N6O2/c33-26(30-20-9-5-2-6-10-20)31-21-13-11-18(12-14-21)15-16-27-23-22-25(29-17-28-23)34-24(32-22)19-7-3-1-4-8-19/h1-14,17H,15-16H2,(H,27,28,29)(H2,30,31,33). The fraction of sp³-hybridized carbons (Fsp3) is 0.0769. The number of nitrogens with one attached hydrogen (secondary N) is 3. The smallest absolute Gasteiger partial charge is 0.323 e. The molecule has 2 amide bonds.